The molecule has 0 radical (unpaired) electrons. The van der Waals surface area contributed by atoms with E-state index in [1.54, 1.807) is 6.21 Å². The standard InChI is InChI=1S/C24H29N5O/c1-5-28(6-2)22-14-12-21(13-15-22)24(30)26-25-16-23-18(3)27-29(19(23)4)17-20-10-8-7-9-11-20/h7-16H,5-6,17H2,1-4H3,(H,26,30)/b25-16-. The summed E-state index contributed by atoms with van der Waals surface area (Å²) >= 11 is 0. The number of nitrogens with zero attached hydrogens (tertiary/aromatic N) is 4. The van der Waals surface area contributed by atoms with E-state index in [9.17, 15) is 4.79 Å². The Balaban J connectivity index is 1.65. The Labute approximate surface area is 178 Å². The first-order chi connectivity index (χ1) is 14.5. The molecule has 0 aliphatic rings. The van der Waals surface area contributed by atoms with Gasteiger partial charge in [0.15, 0.2) is 0 Å². The summed E-state index contributed by atoms with van der Waals surface area (Å²) < 4.78 is 1.96. The Morgan fingerprint density at radius 2 is 1.73 bits per heavy atom. The van der Waals surface area contributed by atoms with E-state index in [0.717, 1.165) is 35.7 Å². The number of carbonyl (C=O) groups is 1. The van der Waals surface area contributed by atoms with Crippen LogP contribution < -0.4 is 10.3 Å². The molecule has 0 unspecified atom stereocenters. The van der Waals surface area contributed by atoms with Crippen LogP contribution in [0.4, 0.5) is 5.69 Å². The highest BCUT2D eigenvalue weighted by molar-refractivity contribution is 5.95. The maximum atomic E-state index is 12.4. The molecule has 6 heteroatoms. The molecule has 0 saturated carbocycles. The number of aromatic nitrogens is 2. The van der Waals surface area contributed by atoms with Gasteiger partial charge in [0, 0.05) is 35.6 Å². The second kappa shape index (κ2) is 9.87. The Morgan fingerprint density at radius 3 is 2.37 bits per heavy atom. The van der Waals surface area contributed by atoms with Gasteiger partial charge in [-0.1, -0.05) is 30.3 Å². The molecule has 1 N–H and O–H groups in total. The average molecular weight is 404 g/mol. The van der Waals surface area contributed by atoms with Gasteiger partial charge in [-0.05, 0) is 57.5 Å². The van der Waals surface area contributed by atoms with Crippen LogP contribution in [0.2, 0.25) is 0 Å². The predicted octanol–water partition coefficient (Wildman–Crippen LogP) is 4.16. The van der Waals surface area contributed by atoms with Crippen molar-refractivity contribution in [1.29, 1.82) is 0 Å². The quantitative estimate of drug-likeness (QED) is 0.454. The monoisotopic (exact) mass is 403 g/mol. The number of amides is 1. The molecule has 156 valence electrons. The molecule has 0 aliphatic heterocycles. The number of aryl methyl sites for hydroxylation is 1. The van der Waals surface area contributed by atoms with Gasteiger partial charge in [-0.25, -0.2) is 5.43 Å². The van der Waals surface area contributed by atoms with E-state index in [4.69, 9.17) is 0 Å². The van der Waals surface area contributed by atoms with Gasteiger partial charge in [0.25, 0.3) is 5.91 Å². The summed E-state index contributed by atoms with van der Waals surface area (Å²) in [5.41, 5.74) is 8.30. The third kappa shape index (κ3) is 4.95. The van der Waals surface area contributed by atoms with Crippen molar-refractivity contribution in [2.45, 2.75) is 34.2 Å². The maximum Gasteiger partial charge on any atom is 0.271 e. The molecular formula is C24H29N5O. The van der Waals surface area contributed by atoms with E-state index >= 15 is 0 Å². The third-order valence-corrected chi connectivity index (χ3v) is 5.23. The molecule has 0 fully saturated rings. The molecule has 0 spiro atoms. The number of hydrogen-bond donors (Lipinski definition) is 1. The van der Waals surface area contributed by atoms with Crippen molar-refractivity contribution in [3.63, 3.8) is 0 Å². The third-order valence-electron chi connectivity index (χ3n) is 5.23. The normalized spacial score (nSPS) is 11.1. The molecule has 6 nitrogen and oxygen atoms in total. The summed E-state index contributed by atoms with van der Waals surface area (Å²) in [4.78, 5) is 14.6. The molecule has 1 amide bonds. The molecule has 30 heavy (non-hydrogen) atoms. The smallest absolute Gasteiger partial charge is 0.271 e. The lowest BCUT2D eigenvalue weighted by Gasteiger charge is -2.20. The Kier molecular flexibility index (Phi) is 7.01. The topological polar surface area (TPSA) is 62.5 Å². The van der Waals surface area contributed by atoms with Crippen LogP contribution in [0.5, 0.6) is 0 Å². The lowest BCUT2D eigenvalue weighted by Crippen LogP contribution is -2.22. The largest absolute Gasteiger partial charge is 0.372 e. The first-order valence-corrected chi connectivity index (χ1v) is 10.3. The average Bonchev–Trinajstić information content (AvgIpc) is 3.03. The Morgan fingerprint density at radius 1 is 1.07 bits per heavy atom. The van der Waals surface area contributed by atoms with Crippen LogP contribution in [0.25, 0.3) is 0 Å². The molecule has 0 bridgehead atoms. The SMILES string of the molecule is CCN(CC)c1ccc(C(=O)N/N=C\c2c(C)nn(Cc3ccccc3)c2C)cc1. The maximum absolute atomic E-state index is 12.4. The number of hydrazone groups is 1. The van der Waals surface area contributed by atoms with Gasteiger partial charge in [0.05, 0.1) is 18.5 Å². The van der Waals surface area contributed by atoms with Crippen LogP contribution in [0, 0.1) is 13.8 Å². The first kappa shape index (κ1) is 21.3. The van der Waals surface area contributed by atoms with Gasteiger partial charge in [-0.15, -0.1) is 0 Å². The lowest BCUT2D eigenvalue weighted by molar-refractivity contribution is 0.0955. The van der Waals surface area contributed by atoms with Gasteiger partial charge in [0.1, 0.15) is 0 Å². The van der Waals surface area contributed by atoms with Crippen molar-refractivity contribution in [3.05, 3.63) is 82.7 Å². The second-order valence-corrected chi connectivity index (χ2v) is 7.15. The van der Waals surface area contributed by atoms with E-state index in [0.29, 0.717) is 12.1 Å². The summed E-state index contributed by atoms with van der Waals surface area (Å²) in [6.45, 7) is 10.8. The Bertz CT molecular complexity index is 1000. The molecule has 0 saturated heterocycles. The first-order valence-electron chi connectivity index (χ1n) is 10.3. The zero-order valence-electron chi connectivity index (χ0n) is 18.1. The molecule has 1 heterocycles. The highest BCUT2D eigenvalue weighted by atomic mass is 16.2. The summed E-state index contributed by atoms with van der Waals surface area (Å²) in [7, 11) is 0. The minimum Gasteiger partial charge on any atom is -0.372 e. The molecule has 0 atom stereocenters. The summed E-state index contributed by atoms with van der Waals surface area (Å²) in [6.07, 6.45) is 1.67. The molecule has 1 aromatic heterocycles. The van der Waals surface area contributed by atoms with Crippen molar-refractivity contribution in [2.75, 3.05) is 18.0 Å². The molecule has 3 rings (SSSR count). The molecule has 0 aliphatic carbocycles. The van der Waals surface area contributed by atoms with Gasteiger partial charge < -0.3 is 4.90 Å². The second-order valence-electron chi connectivity index (χ2n) is 7.15. The van der Waals surface area contributed by atoms with Crippen molar-refractivity contribution in [1.82, 2.24) is 15.2 Å². The van der Waals surface area contributed by atoms with Gasteiger partial charge in [0.2, 0.25) is 0 Å². The number of benzene rings is 2. The molecule has 3 aromatic rings. The van der Waals surface area contributed by atoms with Crippen LogP contribution >= 0.6 is 0 Å². The van der Waals surface area contributed by atoms with Crippen LogP contribution in [0.3, 0.4) is 0 Å². The van der Waals surface area contributed by atoms with Crippen molar-refractivity contribution >= 4 is 17.8 Å². The summed E-state index contributed by atoms with van der Waals surface area (Å²) in [6, 6.07) is 17.8. The minimum atomic E-state index is -0.232. The summed E-state index contributed by atoms with van der Waals surface area (Å²) in [5, 5.41) is 8.77. The lowest BCUT2D eigenvalue weighted by atomic mass is 10.2. The van der Waals surface area contributed by atoms with Crippen molar-refractivity contribution in [3.8, 4) is 0 Å². The number of rotatable bonds is 8. The highest BCUT2D eigenvalue weighted by Crippen LogP contribution is 2.15. The molecular weight excluding hydrogens is 374 g/mol. The Hall–Kier alpha value is -3.41. The van der Waals surface area contributed by atoms with Gasteiger partial charge in [-0.3, -0.25) is 9.48 Å². The van der Waals surface area contributed by atoms with Crippen LogP contribution in [-0.4, -0.2) is 35.0 Å². The zero-order valence-corrected chi connectivity index (χ0v) is 18.1. The van der Waals surface area contributed by atoms with Crippen LogP contribution in [0.1, 0.15) is 46.7 Å². The number of anilines is 1. The van der Waals surface area contributed by atoms with Crippen molar-refractivity contribution < 1.29 is 4.79 Å². The zero-order chi connectivity index (χ0) is 21.5. The highest BCUT2D eigenvalue weighted by Gasteiger charge is 2.11. The predicted molar refractivity (Wildman–Crippen MR) is 122 cm³/mol. The number of carbonyl (C=O) groups excluding carboxylic acids is 1. The van der Waals surface area contributed by atoms with Crippen LogP contribution in [0.15, 0.2) is 59.7 Å². The molecule has 2 aromatic carbocycles. The fourth-order valence-electron chi connectivity index (χ4n) is 3.44. The minimum absolute atomic E-state index is 0.232. The van der Waals surface area contributed by atoms with Crippen molar-refractivity contribution in [2.24, 2.45) is 5.10 Å². The van der Waals surface area contributed by atoms with E-state index in [2.05, 4.69) is 46.5 Å². The van der Waals surface area contributed by atoms with Gasteiger partial charge >= 0.3 is 0 Å². The van der Waals surface area contributed by atoms with E-state index in [-0.39, 0.29) is 5.91 Å². The number of hydrogen-bond acceptors (Lipinski definition) is 4. The van der Waals surface area contributed by atoms with E-state index < -0.39 is 0 Å². The van der Waals surface area contributed by atoms with E-state index in [1.807, 2.05) is 61.0 Å². The number of nitrogens with one attached hydrogen (secondary N) is 1. The van der Waals surface area contributed by atoms with Gasteiger partial charge in [-0.2, -0.15) is 10.2 Å². The fourth-order valence-corrected chi connectivity index (χ4v) is 3.44. The van der Waals surface area contributed by atoms with Crippen LogP contribution in [-0.2, 0) is 6.54 Å². The van der Waals surface area contributed by atoms with E-state index in [1.165, 1.54) is 5.56 Å². The summed E-state index contributed by atoms with van der Waals surface area (Å²) in [5.74, 6) is -0.232. The fraction of sp³-hybridized carbons (Fsp3) is 0.292.